The SMILES string of the molecule is COC1NC(CC#N)c2ccccc2C1OC. The lowest BCUT2D eigenvalue weighted by Gasteiger charge is -2.36. The zero-order chi connectivity index (χ0) is 12.3. The quantitative estimate of drug-likeness (QED) is 0.864. The fourth-order valence-electron chi connectivity index (χ4n) is 2.33. The molecule has 4 heteroatoms. The second-order valence-corrected chi connectivity index (χ2v) is 4.02. The van der Waals surface area contributed by atoms with E-state index in [2.05, 4.69) is 11.4 Å². The summed E-state index contributed by atoms with van der Waals surface area (Å²) in [6.07, 6.45) is 0.0761. The highest BCUT2D eigenvalue weighted by molar-refractivity contribution is 5.35. The van der Waals surface area contributed by atoms with E-state index in [0.717, 1.165) is 11.1 Å². The minimum absolute atomic E-state index is 0.00699. The van der Waals surface area contributed by atoms with Crippen LogP contribution in [0.5, 0.6) is 0 Å². The highest BCUT2D eigenvalue weighted by Gasteiger charge is 2.34. The maximum Gasteiger partial charge on any atom is 0.138 e. The van der Waals surface area contributed by atoms with Gasteiger partial charge in [0.2, 0.25) is 0 Å². The van der Waals surface area contributed by atoms with Crippen molar-refractivity contribution in [3.05, 3.63) is 35.4 Å². The molecule has 0 bridgehead atoms. The van der Waals surface area contributed by atoms with Crippen LogP contribution in [0.2, 0.25) is 0 Å². The largest absolute Gasteiger partial charge is 0.373 e. The van der Waals surface area contributed by atoms with Crippen molar-refractivity contribution in [3.8, 4) is 6.07 Å². The number of ether oxygens (including phenoxy) is 2. The van der Waals surface area contributed by atoms with E-state index in [1.165, 1.54) is 0 Å². The normalized spacial score (nSPS) is 27.2. The molecule has 1 aliphatic rings. The third kappa shape index (κ3) is 2.18. The Bertz CT molecular complexity index is 428. The van der Waals surface area contributed by atoms with E-state index in [9.17, 15) is 0 Å². The minimum atomic E-state index is -0.215. The molecule has 4 nitrogen and oxygen atoms in total. The summed E-state index contributed by atoms with van der Waals surface area (Å²) in [5.74, 6) is 0. The lowest BCUT2D eigenvalue weighted by molar-refractivity contribution is -0.0684. The van der Waals surface area contributed by atoms with E-state index in [1.54, 1.807) is 14.2 Å². The van der Waals surface area contributed by atoms with E-state index in [4.69, 9.17) is 14.7 Å². The zero-order valence-corrected chi connectivity index (χ0v) is 10.0. The predicted molar refractivity (Wildman–Crippen MR) is 63.1 cm³/mol. The average Bonchev–Trinajstić information content (AvgIpc) is 2.38. The van der Waals surface area contributed by atoms with Gasteiger partial charge in [0.15, 0.2) is 0 Å². The Kier molecular flexibility index (Phi) is 3.75. The number of benzene rings is 1. The number of fused-ring (bicyclic) bond motifs is 1. The molecule has 3 unspecified atom stereocenters. The summed E-state index contributed by atoms with van der Waals surface area (Å²) in [7, 11) is 3.31. The number of nitrogens with one attached hydrogen (secondary N) is 1. The summed E-state index contributed by atoms with van der Waals surface area (Å²) in [5.41, 5.74) is 2.22. The first kappa shape index (κ1) is 12.1. The van der Waals surface area contributed by atoms with Crippen LogP contribution in [0.15, 0.2) is 24.3 Å². The molecule has 1 N–H and O–H groups in total. The third-order valence-corrected chi connectivity index (χ3v) is 3.12. The van der Waals surface area contributed by atoms with Crippen molar-refractivity contribution < 1.29 is 9.47 Å². The Morgan fingerprint density at radius 1 is 1.24 bits per heavy atom. The molecule has 0 saturated carbocycles. The fourth-order valence-corrected chi connectivity index (χ4v) is 2.33. The van der Waals surface area contributed by atoms with Gasteiger partial charge in [0.1, 0.15) is 12.3 Å². The Hall–Kier alpha value is -1.41. The van der Waals surface area contributed by atoms with E-state index in [0.29, 0.717) is 6.42 Å². The molecule has 0 amide bonds. The molecule has 90 valence electrons. The van der Waals surface area contributed by atoms with Crippen LogP contribution < -0.4 is 5.32 Å². The van der Waals surface area contributed by atoms with Crippen molar-refractivity contribution in [3.63, 3.8) is 0 Å². The summed E-state index contributed by atoms with van der Waals surface area (Å²) in [6, 6.07) is 10.2. The fraction of sp³-hybridized carbons (Fsp3) is 0.462. The van der Waals surface area contributed by atoms with Gasteiger partial charge < -0.3 is 9.47 Å². The van der Waals surface area contributed by atoms with E-state index >= 15 is 0 Å². The first-order valence-corrected chi connectivity index (χ1v) is 5.59. The van der Waals surface area contributed by atoms with E-state index < -0.39 is 0 Å². The molecule has 3 atom stereocenters. The summed E-state index contributed by atoms with van der Waals surface area (Å²) >= 11 is 0. The molecule has 0 saturated heterocycles. The molecule has 0 aliphatic carbocycles. The molecular formula is C13H16N2O2. The second kappa shape index (κ2) is 5.28. The van der Waals surface area contributed by atoms with Crippen molar-refractivity contribution in [1.82, 2.24) is 5.32 Å². The third-order valence-electron chi connectivity index (χ3n) is 3.12. The van der Waals surface area contributed by atoms with Gasteiger partial charge in [-0.15, -0.1) is 0 Å². The number of nitriles is 1. The first-order chi connectivity index (χ1) is 8.31. The molecule has 1 aromatic carbocycles. The van der Waals surface area contributed by atoms with Crippen LogP contribution in [-0.2, 0) is 9.47 Å². The molecule has 0 aromatic heterocycles. The standard InChI is InChI=1S/C13H16N2O2/c1-16-12-10-6-4-3-5-9(10)11(7-8-14)15-13(12)17-2/h3-6,11-13,15H,7H2,1-2H3. The molecule has 0 spiro atoms. The number of nitrogens with zero attached hydrogens (tertiary/aromatic N) is 1. The molecule has 1 heterocycles. The van der Waals surface area contributed by atoms with Crippen LogP contribution in [0.25, 0.3) is 0 Å². The molecule has 2 rings (SSSR count). The highest BCUT2D eigenvalue weighted by atomic mass is 16.5. The van der Waals surface area contributed by atoms with Crippen LogP contribution >= 0.6 is 0 Å². The molecular weight excluding hydrogens is 216 g/mol. The molecule has 1 aromatic rings. The van der Waals surface area contributed by atoms with Crippen LogP contribution in [0.3, 0.4) is 0 Å². The Balaban J connectivity index is 2.41. The lowest BCUT2D eigenvalue weighted by Crippen LogP contribution is -2.44. The topological polar surface area (TPSA) is 54.3 Å². The van der Waals surface area contributed by atoms with Gasteiger partial charge in [0.25, 0.3) is 0 Å². The number of hydrogen-bond acceptors (Lipinski definition) is 4. The van der Waals surface area contributed by atoms with Crippen LogP contribution in [0.1, 0.15) is 29.7 Å². The summed E-state index contributed by atoms with van der Waals surface area (Å²) < 4.78 is 10.9. The number of methoxy groups -OCH3 is 2. The zero-order valence-electron chi connectivity index (χ0n) is 10.0. The van der Waals surface area contributed by atoms with Gasteiger partial charge in [0, 0.05) is 20.3 Å². The Morgan fingerprint density at radius 3 is 2.53 bits per heavy atom. The van der Waals surface area contributed by atoms with Crippen molar-refractivity contribution in [2.75, 3.05) is 14.2 Å². The monoisotopic (exact) mass is 232 g/mol. The Morgan fingerprint density at radius 2 is 1.94 bits per heavy atom. The first-order valence-electron chi connectivity index (χ1n) is 5.59. The Labute approximate surface area is 101 Å². The highest BCUT2D eigenvalue weighted by Crippen LogP contribution is 2.35. The van der Waals surface area contributed by atoms with Crippen LogP contribution in [-0.4, -0.2) is 20.4 Å². The summed E-state index contributed by atoms with van der Waals surface area (Å²) in [5, 5.41) is 12.2. The number of hydrogen-bond donors (Lipinski definition) is 1. The number of rotatable bonds is 3. The molecule has 0 fully saturated rings. The predicted octanol–water partition coefficient (Wildman–Crippen LogP) is 1.90. The van der Waals surface area contributed by atoms with Crippen LogP contribution in [0, 0.1) is 11.3 Å². The maximum absolute atomic E-state index is 8.86. The smallest absolute Gasteiger partial charge is 0.138 e. The van der Waals surface area contributed by atoms with Gasteiger partial charge in [-0.05, 0) is 11.1 Å². The molecule has 17 heavy (non-hydrogen) atoms. The van der Waals surface area contributed by atoms with Gasteiger partial charge in [-0.3, -0.25) is 5.32 Å². The van der Waals surface area contributed by atoms with Gasteiger partial charge in [0.05, 0.1) is 12.5 Å². The minimum Gasteiger partial charge on any atom is -0.373 e. The summed E-state index contributed by atoms with van der Waals surface area (Å²) in [6.45, 7) is 0. The van der Waals surface area contributed by atoms with Crippen molar-refractivity contribution in [2.24, 2.45) is 0 Å². The van der Waals surface area contributed by atoms with Crippen molar-refractivity contribution in [2.45, 2.75) is 24.8 Å². The van der Waals surface area contributed by atoms with E-state index in [1.807, 2.05) is 24.3 Å². The van der Waals surface area contributed by atoms with Crippen molar-refractivity contribution in [1.29, 1.82) is 5.26 Å². The second-order valence-electron chi connectivity index (χ2n) is 4.02. The summed E-state index contributed by atoms with van der Waals surface area (Å²) in [4.78, 5) is 0. The van der Waals surface area contributed by atoms with Gasteiger partial charge >= 0.3 is 0 Å². The van der Waals surface area contributed by atoms with Crippen LogP contribution in [0.4, 0.5) is 0 Å². The van der Waals surface area contributed by atoms with Gasteiger partial charge in [-0.2, -0.15) is 5.26 Å². The average molecular weight is 232 g/mol. The maximum atomic E-state index is 8.86. The van der Waals surface area contributed by atoms with Gasteiger partial charge in [-0.25, -0.2) is 0 Å². The van der Waals surface area contributed by atoms with Crippen molar-refractivity contribution >= 4 is 0 Å². The lowest BCUT2D eigenvalue weighted by atomic mass is 9.90. The molecule has 1 aliphatic heterocycles. The van der Waals surface area contributed by atoms with E-state index in [-0.39, 0.29) is 18.4 Å². The van der Waals surface area contributed by atoms with Gasteiger partial charge in [-0.1, -0.05) is 24.3 Å². The molecule has 0 radical (unpaired) electrons.